The molecule has 0 amide bonds. The van der Waals surface area contributed by atoms with Crippen LogP contribution in [0.25, 0.3) is 0 Å². The summed E-state index contributed by atoms with van der Waals surface area (Å²) in [5.41, 5.74) is -1.71. The molecule has 0 bridgehead atoms. The van der Waals surface area contributed by atoms with Crippen LogP contribution in [0, 0.1) is 0 Å². The second kappa shape index (κ2) is 7.99. The van der Waals surface area contributed by atoms with Crippen molar-refractivity contribution in [3.05, 3.63) is 20.8 Å². The lowest BCUT2D eigenvalue weighted by atomic mass is 9.91. The number of aliphatic hydroxyl groups is 1. The van der Waals surface area contributed by atoms with Gasteiger partial charge >= 0.3 is 5.97 Å². The van der Waals surface area contributed by atoms with E-state index in [1.165, 1.54) is 11.3 Å². The smallest absolute Gasteiger partial charge is 0.309 e. The average molecular weight is 395 g/mol. The van der Waals surface area contributed by atoms with E-state index in [9.17, 15) is 9.90 Å². The molecular weight excluding hydrogens is 372 g/mol. The molecule has 1 rings (SSSR count). The minimum absolute atomic E-state index is 0.0240. The summed E-state index contributed by atoms with van der Waals surface area (Å²) in [6, 6.07) is 3.75. The first-order valence-corrected chi connectivity index (χ1v) is 9.21. The van der Waals surface area contributed by atoms with Crippen molar-refractivity contribution < 1.29 is 14.6 Å². The van der Waals surface area contributed by atoms with Gasteiger partial charge in [-0.1, -0.05) is 0 Å². The molecule has 6 heteroatoms. The minimum Gasteiger partial charge on any atom is -0.460 e. The predicted octanol–water partition coefficient (Wildman–Crippen LogP) is 4.53. The van der Waals surface area contributed by atoms with E-state index in [4.69, 9.17) is 4.74 Å². The van der Waals surface area contributed by atoms with E-state index in [-0.39, 0.29) is 12.4 Å². The van der Waals surface area contributed by atoms with Crippen molar-refractivity contribution in [2.75, 3.05) is 5.75 Å². The first-order chi connectivity index (χ1) is 9.66. The Kier molecular flexibility index (Phi) is 7.24. The van der Waals surface area contributed by atoms with Gasteiger partial charge in [0.15, 0.2) is 0 Å². The quantitative estimate of drug-likeness (QED) is 0.405. The van der Waals surface area contributed by atoms with Gasteiger partial charge in [0.1, 0.15) is 11.2 Å². The van der Waals surface area contributed by atoms with Gasteiger partial charge in [-0.05, 0) is 73.8 Å². The van der Waals surface area contributed by atoms with Crippen molar-refractivity contribution in [1.29, 1.82) is 0 Å². The van der Waals surface area contributed by atoms with Crippen molar-refractivity contribution in [2.24, 2.45) is 0 Å². The Morgan fingerprint density at radius 3 is 2.52 bits per heavy atom. The Hall–Kier alpha value is -0.0400. The molecule has 0 saturated carbocycles. The Labute approximate surface area is 144 Å². The van der Waals surface area contributed by atoms with E-state index in [1.807, 2.05) is 32.9 Å². The number of thiophene rings is 1. The number of rotatable bonds is 7. The molecule has 1 heterocycles. The van der Waals surface area contributed by atoms with Crippen LogP contribution in [0.1, 0.15) is 51.3 Å². The van der Waals surface area contributed by atoms with Crippen LogP contribution in [0.5, 0.6) is 0 Å². The summed E-state index contributed by atoms with van der Waals surface area (Å²) >= 11 is 9.04. The van der Waals surface area contributed by atoms with Crippen LogP contribution in [0.3, 0.4) is 0 Å². The third kappa shape index (κ3) is 6.72. The van der Waals surface area contributed by atoms with E-state index in [0.29, 0.717) is 6.42 Å². The van der Waals surface area contributed by atoms with Gasteiger partial charge in [0, 0.05) is 4.88 Å². The van der Waals surface area contributed by atoms with Gasteiger partial charge in [-0.3, -0.25) is 4.79 Å². The van der Waals surface area contributed by atoms with Crippen molar-refractivity contribution >= 4 is 45.9 Å². The number of ether oxygens (including phenoxy) is 1. The summed E-state index contributed by atoms with van der Waals surface area (Å²) in [6.45, 7) is 5.48. The zero-order valence-corrected chi connectivity index (χ0v) is 16.0. The zero-order chi connectivity index (χ0) is 16.1. The standard InChI is InChI=1S/C15H23BrO3S2/c1-14(2,3)19-13(17)10-15(18,8-4-5-9-20)11-6-7-12(16)21-11/h6-7,18,20H,4-5,8-10H2,1-3H3. The third-order valence-corrected chi connectivity index (χ3v) is 5.02. The molecule has 0 spiro atoms. The molecule has 1 N–H and O–H groups in total. The van der Waals surface area contributed by atoms with Crippen molar-refractivity contribution in [3.63, 3.8) is 0 Å². The highest BCUT2D eigenvalue weighted by atomic mass is 79.9. The van der Waals surface area contributed by atoms with Gasteiger partial charge in [-0.25, -0.2) is 0 Å². The number of unbranched alkanes of at least 4 members (excludes halogenated alkanes) is 1. The predicted molar refractivity (Wildman–Crippen MR) is 94.1 cm³/mol. The molecule has 0 radical (unpaired) electrons. The monoisotopic (exact) mass is 394 g/mol. The molecule has 0 aliphatic rings. The highest BCUT2D eigenvalue weighted by molar-refractivity contribution is 9.11. The molecule has 1 atom stereocenters. The van der Waals surface area contributed by atoms with Gasteiger partial charge in [0.05, 0.1) is 10.2 Å². The van der Waals surface area contributed by atoms with Crippen LogP contribution in [0.4, 0.5) is 0 Å². The lowest BCUT2D eigenvalue weighted by Gasteiger charge is -2.28. The van der Waals surface area contributed by atoms with Crippen molar-refractivity contribution in [3.8, 4) is 0 Å². The molecule has 0 aromatic carbocycles. The van der Waals surface area contributed by atoms with Gasteiger partial charge in [0.25, 0.3) is 0 Å². The first kappa shape index (κ1) is 19.0. The van der Waals surface area contributed by atoms with Crippen LogP contribution in [0.2, 0.25) is 0 Å². The van der Waals surface area contributed by atoms with Crippen molar-refractivity contribution in [1.82, 2.24) is 0 Å². The molecule has 0 saturated heterocycles. The summed E-state index contributed by atoms with van der Waals surface area (Å²) in [4.78, 5) is 12.9. The Balaban J connectivity index is 2.84. The fraction of sp³-hybridized carbons (Fsp3) is 0.667. The average Bonchev–Trinajstić information content (AvgIpc) is 2.74. The molecular formula is C15H23BrO3S2. The van der Waals surface area contributed by atoms with Gasteiger partial charge < -0.3 is 9.84 Å². The van der Waals surface area contributed by atoms with E-state index < -0.39 is 11.2 Å². The highest BCUT2D eigenvalue weighted by Gasteiger charge is 2.35. The maximum atomic E-state index is 12.1. The van der Waals surface area contributed by atoms with Crippen LogP contribution in [-0.4, -0.2) is 22.4 Å². The van der Waals surface area contributed by atoms with Crippen LogP contribution in [-0.2, 0) is 15.1 Å². The summed E-state index contributed by atoms with van der Waals surface area (Å²) in [7, 11) is 0. The zero-order valence-electron chi connectivity index (χ0n) is 12.7. The number of carbonyl (C=O) groups excluding carboxylic acids is 1. The van der Waals surface area contributed by atoms with Gasteiger partial charge in [-0.15, -0.1) is 11.3 Å². The van der Waals surface area contributed by atoms with E-state index in [0.717, 1.165) is 27.3 Å². The fourth-order valence-corrected chi connectivity index (χ4v) is 3.73. The molecule has 1 aromatic rings. The number of carbonyl (C=O) groups is 1. The SMILES string of the molecule is CC(C)(C)OC(=O)CC(O)(CCCCS)c1ccc(Br)s1. The molecule has 120 valence electrons. The third-order valence-electron chi connectivity index (χ3n) is 2.89. The van der Waals surface area contributed by atoms with Crippen LogP contribution >= 0.6 is 39.9 Å². The molecule has 1 unspecified atom stereocenters. The first-order valence-electron chi connectivity index (χ1n) is 6.97. The normalized spacial score (nSPS) is 14.8. The fourth-order valence-electron chi connectivity index (χ4n) is 2.01. The van der Waals surface area contributed by atoms with Gasteiger partial charge in [-0.2, -0.15) is 12.6 Å². The van der Waals surface area contributed by atoms with Crippen LogP contribution in [0.15, 0.2) is 15.9 Å². The lowest BCUT2D eigenvalue weighted by Crippen LogP contribution is -2.32. The maximum Gasteiger partial charge on any atom is 0.309 e. The summed E-state index contributed by atoms with van der Waals surface area (Å²) < 4.78 is 6.29. The summed E-state index contributed by atoms with van der Waals surface area (Å²) in [5, 5.41) is 11.0. The summed E-state index contributed by atoms with van der Waals surface area (Å²) in [6.07, 6.45) is 2.23. The minimum atomic E-state index is -1.16. The molecule has 1 aromatic heterocycles. The molecule has 0 aliphatic carbocycles. The Morgan fingerprint density at radius 1 is 1.38 bits per heavy atom. The number of thiol groups is 1. The Morgan fingerprint density at radius 2 is 2.05 bits per heavy atom. The van der Waals surface area contributed by atoms with E-state index in [2.05, 4.69) is 28.6 Å². The number of hydrogen-bond acceptors (Lipinski definition) is 5. The molecule has 0 fully saturated rings. The number of halogens is 1. The van der Waals surface area contributed by atoms with Crippen molar-refractivity contribution in [2.45, 2.75) is 57.7 Å². The van der Waals surface area contributed by atoms with E-state index in [1.54, 1.807) is 0 Å². The van der Waals surface area contributed by atoms with Crippen LogP contribution < -0.4 is 0 Å². The largest absolute Gasteiger partial charge is 0.460 e. The molecule has 3 nitrogen and oxygen atoms in total. The molecule has 21 heavy (non-hydrogen) atoms. The second-order valence-corrected chi connectivity index (χ2v) is 8.99. The number of hydrogen-bond donors (Lipinski definition) is 2. The second-order valence-electron chi connectivity index (χ2n) is 6.08. The molecule has 0 aliphatic heterocycles. The highest BCUT2D eigenvalue weighted by Crippen LogP contribution is 2.37. The topological polar surface area (TPSA) is 46.5 Å². The maximum absolute atomic E-state index is 12.1. The van der Waals surface area contributed by atoms with E-state index >= 15 is 0 Å². The Bertz CT molecular complexity index is 468. The number of esters is 1. The van der Waals surface area contributed by atoms with Gasteiger partial charge in [0.2, 0.25) is 0 Å². The summed E-state index contributed by atoms with van der Waals surface area (Å²) in [5.74, 6) is 0.400. The lowest BCUT2D eigenvalue weighted by molar-refractivity contribution is -0.161.